The molecular weight excluding hydrogens is 271 g/mol. The van der Waals surface area contributed by atoms with Crippen LogP contribution in [0.1, 0.15) is 5.56 Å². The van der Waals surface area contributed by atoms with E-state index in [0.29, 0.717) is 24.6 Å². The minimum absolute atomic E-state index is 0.271. The van der Waals surface area contributed by atoms with Gasteiger partial charge in [-0.3, -0.25) is 0 Å². The predicted octanol–water partition coefficient (Wildman–Crippen LogP) is 2.74. The molecule has 0 aliphatic heterocycles. The van der Waals surface area contributed by atoms with Crippen LogP contribution >= 0.6 is 0 Å². The zero-order valence-corrected chi connectivity index (χ0v) is 11.5. The molecule has 0 saturated heterocycles. The van der Waals surface area contributed by atoms with Crippen LogP contribution in [0.2, 0.25) is 0 Å². The van der Waals surface area contributed by atoms with Gasteiger partial charge in [0.05, 0.1) is 0 Å². The third-order valence-corrected chi connectivity index (χ3v) is 2.67. The van der Waals surface area contributed by atoms with Gasteiger partial charge in [-0.1, -0.05) is 35.5 Å². The summed E-state index contributed by atoms with van der Waals surface area (Å²) in [6, 6.07) is 15.6. The van der Waals surface area contributed by atoms with Crippen molar-refractivity contribution >= 4 is 5.84 Å². The second kappa shape index (κ2) is 7.89. The van der Waals surface area contributed by atoms with Crippen molar-refractivity contribution in [2.24, 2.45) is 10.9 Å². The van der Waals surface area contributed by atoms with Gasteiger partial charge in [0, 0.05) is 6.42 Å². The van der Waals surface area contributed by atoms with Crippen molar-refractivity contribution in [2.75, 3.05) is 13.2 Å². The monoisotopic (exact) mass is 288 g/mol. The Bertz CT molecular complexity index is 571. The first-order chi connectivity index (χ1) is 10.2. The number of hydrogen-bond donors (Lipinski definition) is 1. The van der Waals surface area contributed by atoms with Crippen molar-refractivity contribution in [3.05, 3.63) is 66.0 Å². The first-order valence-corrected chi connectivity index (χ1v) is 6.60. The first kappa shape index (κ1) is 14.8. The third kappa shape index (κ3) is 5.52. The van der Waals surface area contributed by atoms with Gasteiger partial charge >= 0.3 is 0 Å². The van der Waals surface area contributed by atoms with Crippen LogP contribution in [0.15, 0.2) is 59.8 Å². The summed E-state index contributed by atoms with van der Waals surface area (Å²) < 4.78 is 18.0. The molecule has 0 atom stereocenters. The molecule has 2 rings (SSSR count). The fourth-order valence-electron chi connectivity index (χ4n) is 1.69. The van der Waals surface area contributed by atoms with E-state index >= 15 is 0 Å². The highest BCUT2D eigenvalue weighted by Gasteiger charge is 1.97. The Hall–Kier alpha value is -2.56. The van der Waals surface area contributed by atoms with E-state index in [4.69, 9.17) is 15.3 Å². The van der Waals surface area contributed by atoms with Crippen LogP contribution in [0.4, 0.5) is 4.39 Å². The lowest BCUT2D eigenvalue weighted by Gasteiger charge is -2.05. The highest BCUT2D eigenvalue weighted by Crippen LogP contribution is 2.10. The molecule has 0 aromatic heterocycles. The summed E-state index contributed by atoms with van der Waals surface area (Å²) in [5.41, 5.74) is 6.83. The van der Waals surface area contributed by atoms with Gasteiger partial charge < -0.3 is 15.3 Å². The maximum atomic E-state index is 12.7. The Morgan fingerprint density at radius 1 is 1.00 bits per heavy atom. The third-order valence-electron chi connectivity index (χ3n) is 2.67. The Balaban J connectivity index is 1.66. The molecule has 2 aromatic rings. The summed E-state index contributed by atoms with van der Waals surface area (Å²) in [7, 11) is 0. The number of oxime groups is 1. The predicted molar refractivity (Wildman–Crippen MR) is 79.6 cm³/mol. The van der Waals surface area contributed by atoms with Crippen LogP contribution in [0.3, 0.4) is 0 Å². The minimum Gasteiger partial charge on any atom is -0.490 e. The van der Waals surface area contributed by atoms with E-state index in [1.54, 1.807) is 12.1 Å². The fraction of sp³-hybridized carbons (Fsp3) is 0.188. The Labute approximate surface area is 123 Å². The van der Waals surface area contributed by atoms with Gasteiger partial charge in [0.15, 0.2) is 6.61 Å². The number of amidine groups is 1. The van der Waals surface area contributed by atoms with Crippen LogP contribution in [0.25, 0.3) is 0 Å². The summed E-state index contributed by atoms with van der Waals surface area (Å²) >= 11 is 0. The lowest BCUT2D eigenvalue weighted by Crippen LogP contribution is -2.16. The van der Waals surface area contributed by atoms with E-state index in [2.05, 4.69) is 5.16 Å². The van der Waals surface area contributed by atoms with Crippen molar-refractivity contribution < 1.29 is 14.0 Å². The summed E-state index contributed by atoms with van der Waals surface area (Å²) in [4.78, 5) is 5.08. The van der Waals surface area contributed by atoms with Gasteiger partial charge in [-0.2, -0.15) is 0 Å². The van der Waals surface area contributed by atoms with Gasteiger partial charge in [-0.25, -0.2) is 4.39 Å². The smallest absolute Gasteiger partial charge is 0.151 e. The molecular formula is C16H17FN2O2. The SMILES string of the molecule is N/C(Cc1ccccc1)=N\OCCOc1ccc(F)cc1. The highest BCUT2D eigenvalue weighted by atomic mass is 19.1. The highest BCUT2D eigenvalue weighted by molar-refractivity contribution is 5.82. The van der Waals surface area contributed by atoms with Gasteiger partial charge in [0.25, 0.3) is 0 Å². The molecule has 0 radical (unpaired) electrons. The van der Waals surface area contributed by atoms with Crippen molar-refractivity contribution in [3.8, 4) is 5.75 Å². The second-order valence-corrected chi connectivity index (χ2v) is 4.38. The zero-order valence-electron chi connectivity index (χ0n) is 11.5. The number of benzene rings is 2. The molecule has 0 spiro atoms. The number of nitrogens with two attached hydrogens (primary N) is 1. The molecule has 0 unspecified atom stereocenters. The molecule has 21 heavy (non-hydrogen) atoms. The minimum atomic E-state index is -0.295. The molecule has 0 aliphatic carbocycles. The number of hydrogen-bond acceptors (Lipinski definition) is 3. The summed E-state index contributed by atoms with van der Waals surface area (Å²) in [6.45, 7) is 0.584. The van der Waals surface area contributed by atoms with Crippen LogP contribution in [0, 0.1) is 5.82 Å². The van der Waals surface area contributed by atoms with Crippen LogP contribution in [-0.4, -0.2) is 19.0 Å². The number of halogens is 1. The molecule has 2 aromatic carbocycles. The van der Waals surface area contributed by atoms with Gasteiger partial charge in [-0.15, -0.1) is 0 Å². The zero-order chi connectivity index (χ0) is 14.9. The lowest BCUT2D eigenvalue weighted by atomic mass is 10.1. The lowest BCUT2D eigenvalue weighted by molar-refractivity contribution is 0.106. The Morgan fingerprint density at radius 2 is 1.71 bits per heavy atom. The van der Waals surface area contributed by atoms with Crippen molar-refractivity contribution in [2.45, 2.75) is 6.42 Å². The van der Waals surface area contributed by atoms with E-state index in [-0.39, 0.29) is 12.4 Å². The van der Waals surface area contributed by atoms with E-state index in [1.165, 1.54) is 12.1 Å². The topological polar surface area (TPSA) is 56.8 Å². The van der Waals surface area contributed by atoms with Crippen LogP contribution < -0.4 is 10.5 Å². The summed E-state index contributed by atoms with van der Waals surface area (Å²) in [6.07, 6.45) is 0.541. The molecule has 0 fully saturated rings. The van der Waals surface area contributed by atoms with E-state index in [1.807, 2.05) is 30.3 Å². The van der Waals surface area contributed by atoms with Gasteiger partial charge in [0.1, 0.15) is 24.0 Å². The molecule has 0 amide bonds. The average molecular weight is 288 g/mol. The normalized spacial score (nSPS) is 11.2. The standard InChI is InChI=1S/C16H17FN2O2/c17-14-6-8-15(9-7-14)20-10-11-21-19-16(18)12-13-4-2-1-3-5-13/h1-9H,10-12H2,(H2,18,19). The van der Waals surface area contributed by atoms with E-state index < -0.39 is 0 Å². The van der Waals surface area contributed by atoms with Gasteiger partial charge in [0.2, 0.25) is 0 Å². The van der Waals surface area contributed by atoms with E-state index in [9.17, 15) is 4.39 Å². The molecule has 2 N–H and O–H groups in total. The fourth-order valence-corrected chi connectivity index (χ4v) is 1.69. The van der Waals surface area contributed by atoms with Crippen molar-refractivity contribution in [1.82, 2.24) is 0 Å². The molecule has 0 saturated carbocycles. The largest absolute Gasteiger partial charge is 0.490 e. The quantitative estimate of drug-likeness (QED) is 0.369. The van der Waals surface area contributed by atoms with Crippen LogP contribution in [-0.2, 0) is 11.3 Å². The second-order valence-electron chi connectivity index (χ2n) is 4.38. The van der Waals surface area contributed by atoms with Crippen molar-refractivity contribution in [3.63, 3.8) is 0 Å². The number of ether oxygens (including phenoxy) is 1. The summed E-state index contributed by atoms with van der Waals surface area (Å²) in [5.74, 6) is 0.695. The molecule has 110 valence electrons. The summed E-state index contributed by atoms with van der Waals surface area (Å²) in [5, 5.41) is 3.82. The number of rotatable bonds is 7. The van der Waals surface area contributed by atoms with Crippen LogP contribution in [0.5, 0.6) is 5.75 Å². The maximum Gasteiger partial charge on any atom is 0.151 e. The molecule has 0 bridgehead atoms. The Kier molecular flexibility index (Phi) is 5.58. The molecule has 5 heteroatoms. The molecule has 0 heterocycles. The molecule has 0 aliphatic rings. The first-order valence-electron chi connectivity index (χ1n) is 6.60. The van der Waals surface area contributed by atoms with Crippen molar-refractivity contribution in [1.29, 1.82) is 0 Å². The van der Waals surface area contributed by atoms with Gasteiger partial charge in [-0.05, 0) is 29.8 Å². The number of nitrogens with zero attached hydrogens (tertiary/aromatic N) is 1. The van der Waals surface area contributed by atoms with E-state index in [0.717, 1.165) is 5.56 Å². The Morgan fingerprint density at radius 3 is 2.43 bits per heavy atom. The molecule has 4 nitrogen and oxygen atoms in total. The maximum absolute atomic E-state index is 12.7. The average Bonchev–Trinajstić information content (AvgIpc) is 2.50.